The van der Waals surface area contributed by atoms with Crippen LogP contribution >= 0.6 is 11.3 Å². The average Bonchev–Trinajstić information content (AvgIpc) is 2.74. The van der Waals surface area contributed by atoms with Crippen molar-refractivity contribution < 1.29 is 15.0 Å². The zero-order chi connectivity index (χ0) is 12.4. The fourth-order valence-electron chi connectivity index (χ4n) is 2.35. The second-order valence-corrected chi connectivity index (χ2v) is 5.41. The van der Waals surface area contributed by atoms with E-state index in [2.05, 4.69) is 0 Å². The van der Waals surface area contributed by atoms with Gasteiger partial charge >= 0.3 is 5.97 Å². The molecule has 1 heterocycles. The number of aliphatic hydroxyl groups excluding tert-OH is 1. The maximum absolute atomic E-state index is 11.2. The fraction of sp³-hybridized carbons (Fsp3) is 0.462. The van der Waals surface area contributed by atoms with Crippen molar-refractivity contribution in [2.45, 2.75) is 25.9 Å². The monoisotopic (exact) mass is 252 g/mol. The van der Waals surface area contributed by atoms with E-state index in [4.69, 9.17) is 0 Å². The number of allylic oxidation sites excluding steroid dienone is 2. The van der Waals surface area contributed by atoms with Crippen molar-refractivity contribution in [2.75, 3.05) is 0 Å². The number of aliphatic carboxylic acids is 1. The summed E-state index contributed by atoms with van der Waals surface area (Å²) in [5, 5.41) is 21.5. The summed E-state index contributed by atoms with van der Waals surface area (Å²) >= 11 is 1.50. The summed E-state index contributed by atoms with van der Waals surface area (Å²) in [6.07, 6.45) is 4.34. The van der Waals surface area contributed by atoms with E-state index in [-0.39, 0.29) is 5.92 Å². The average molecular weight is 252 g/mol. The molecule has 4 heteroatoms. The van der Waals surface area contributed by atoms with Crippen LogP contribution in [0.5, 0.6) is 0 Å². The molecule has 1 aliphatic rings. The molecule has 0 spiro atoms. The number of hydrogen-bond donors (Lipinski definition) is 2. The van der Waals surface area contributed by atoms with Gasteiger partial charge in [-0.15, -0.1) is 11.3 Å². The largest absolute Gasteiger partial charge is 0.481 e. The van der Waals surface area contributed by atoms with Gasteiger partial charge in [-0.3, -0.25) is 4.79 Å². The fourth-order valence-corrected chi connectivity index (χ4v) is 3.34. The normalized spacial score (nSPS) is 25.8. The lowest BCUT2D eigenvalue weighted by Gasteiger charge is -2.29. The molecule has 3 nitrogen and oxygen atoms in total. The van der Waals surface area contributed by atoms with Crippen LogP contribution in [-0.2, 0) is 4.79 Å². The van der Waals surface area contributed by atoms with E-state index in [0.29, 0.717) is 12.8 Å². The molecule has 0 bridgehead atoms. The van der Waals surface area contributed by atoms with Crippen molar-refractivity contribution in [1.82, 2.24) is 0 Å². The maximum atomic E-state index is 11.2. The van der Waals surface area contributed by atoms with Crippen LogP contribution in [0.25, 0.3) is 0 Å². The van der Waals surface area contributed by atoms with Gasteiger partial charge in [0, 0.05) is 10.8 Å². The van der Waals surface area contributed by atoms with Crippen molar-refractivity contribution in [2.24, 2.45) is 11.8 Å². The van der Waals surface area contributed by atoms with E-state index in [1.54, 1.807) is 0 Å². The molecule has 0 aliphatic heterocycles. The van der Waals surface area contributed by atoms with Crippen molar-refractivity contribution in [3.05, 3.63) is 34.0 Å². The van der Waals surface area contributed by atoms with Crippen molar-refractivity contribution in [3.63, 3.8) is 0 Å². The van der Waals surface area contributed by atoms with Crippen molar-refractivity contribution in [3.8, 4) is 0 Å². The number of carbonyl (C=O) groups is 1. The molecule has 1 aromatic heterocycles. The van der Waals surface area contributed by atoms with Gasteiger partial charge in [-0.2, -0.15) is 0 Å². The van der Waals surface area contributed by atoms with E-state index >= 15 is 0 Å². The summed E-state index contributed by atoms with van der Waals surface area (Å²) < 4.78 is 0. The molecule has 17 heavy (non-hydrogen) atoms. The van der Waals surface area contributed by atoms with Crippen LogP contribution < -0.4 is 0 Å². The minimum Gasteiger partial charge on any atom is -0.481 e. The highest BCUT2D eigenvalue weighted by atomic mass is 32.1. The Labute approximate surface area is 104 Å². The lowest BCUT2D eigenvalue weighted by molar-refractivity contribution is -0.145. The van der Waals surface area contributed by atoms with Gasteiger partial charge in [-0.25, -0.2) is 0 Å². The summed E-state index contributed by atoms with van der Waals surface area (Å²) in [6.45, 7) is 1.95. The third-order valence-corrected chi connectivity index (χ3v) is 4.46. The van der Waals surface area contributed by atoms with E-state index in [9.17, 15) is 15.0 Å². The molecular formula is C13H16O3S. The first-order valence-electron chi connectivity index (χ1n) is 5.71. The minimum atomic E-state index is -0.812. The van der Waals surface area contributed by atoms with Crippen LogP contribution in [0.1, 0.15) is 29.4 Å². The molecule has 1 aromatic rings. The second-order valence-electron chi connectivity index (χ2n) is 4.46. The molecular weight excluding hydrogens is 236 g/mol. The molecule has 2 rings (SSSR count). The molecule has 0 amide bonds. The Morgan fingerprint density at radius 3 is 2.76 bits per heavy atom. The molecule has 1 aliphatic carbocycles. The Hall–Kier alpha value is -1.13. The molecule has 0 radical (unpaired) electrons. The van der Waals surface area contributed by atoms with Crippen LogP contribution in [0.4, 0.5) is 0 Å². The van der Waals surface area contributed by atoms with Gasteiger partial charge in [-0.1, -0.05) is 12.2 Å². The third-order valence-electron chi connectivity index (χ3n) is 3.37. The molecule has 0 saturated carbocycles. The number of aryl methyl sites for hydroxylation is 1. The highest BCUT2D eigenvalue weighted by Crippen LogP contribution is 2.39. The SMILES string of the molecule is Cc1ccsc1C(O)C1CC=CCC1C(=O)O. The number of rotatable bonds is 3. The molecule has 0 aromatic carbocycles. The van der Waals surface area contributed by atoms with Crippen LogP contribution in [0, 0.1) is 18.8 Å². The first kappa shape index (κ1) is 12.3. The summed E-state index contributed by atoms with van der Waals surface area (Å²) in [6, 6.07) is 1.96. The molecule has 92 valence electrons. The predicted molar refractivity (Wildman–Crippen MR) is 67.0 cm³/mol. The zero-order valence-corrected chi connectivity index (χ0v) is 10.5. The van der Waals surface area contributed by atoms with E-state index < -0.39 is 18.0 Å². The first-order valence-corrected chi connectivity index (χ1v) is 6.59. The molecule has 0 fully saturated rings. The van der Waals surface area contributed by atoms with Gasteiger partial charge in [0.25, 0.3) is 0 Å². The Balaban J connectivity index is 2.23. The predicted octanol–water partition coefficient (Wildman–Crippen LogP) is 2.76. The van der Waals surface area contributed by atoms with Crippen LogP contribution in [-0.4, -0.2) is 16.2 Å². The molecule has 3 unspecified atom stereocenters. The minimum absolute atomic E-state index is 0.213. The van der Waals surface area contributed by atoms with Gasteiger partial charge in [0.2, 0.25) is 0 Å². The summed E-state index contributed by atoms with van der Waals surface area (Å²) in [7, 11) is 0. The number of carboxylic acids is 1. The van der Waals surface area contributed by atoms with Gasteiger partial charge in [-0.05, 0) is 36.8 Å². The van der Waals surface area contributed by atoms with E-state index in [0.717, 1.165) is 10.4 Å². The smallest absolute Gasteiger partial charge is 0.307 e. The van der Waals surface area contributed by atoms with Crippen LogP contribution in [0.15, 0.2) is 23.6 Å². The van der Waals surface area contributed by atoms with Crippen LogP contribution in [0.2, 0.25) is 0 Å². The molecule has 0 saturated heterocycles. The third kappa shape index (κ3) is 2.42. The Bertz CT molecular complexity index is 436. The van der Waals surface area contributed by atoms with Crippen molar-refractivity contribution >= 4 is 17.3 Å². The van der Waals surface area contributed by atoms with Crippen molar-refractivity contribution in [1.29, 1.82) is 0 Å². The lowest BCUT2D eigenvalue weighted by Crippen LogP contribution is -2.29. The lowest BCUT2D eigenvalue weighted by atomic mass is 9.78. The number of hydrogen-bond acceptors (Lipinski definition) is 3. The summed E-state index contributed by atoms with van der Waals surface area (Å²) in [5.74, 6) is -1.50. The van der Waals surface area contributed by atoms with Gasteiger partial charge in [0.15, 0.2) is 0 Å². The highest BCUT2D eigenvalue weighted by molar-refractivity contribution is 7.10. The highest BCUT2D eigenvalue weighted by Gasteiger charge is 2.35. The van der Waals surface area contributed by atoms with E-state index in [1.807, 2.05) is 30.5 Å². The maximum Gasteiger partial charge on any atom is 0.307 e. The van der Waals surface area contributed by atoms with E-state index in [1.165, 1.54) is 11.3 Å². The number of carboxylic acid groups (broad SMARTS) is 1. The number of thiophene rings is 1. The molecule has 2 N–H and O–H groups in total. The van der Waals surface area contributed by atoms with Gasteiger partial charge in [0.1, 0.15) is 0 Å². The Morgan fingerprint density at radius 1 is 1.47 bits per heavy atom. The standard InChI is InChI=1S/C13H16O3S/c1-8-6-7-17-12(8)11(14)9-4-2-3-5-10(9)13(15)16/h2-3,6-7,9-11,14H,4-5H2,1H3,(H,15,16). The quantitative estimate of drug-likeness (QED) is 0.813. The topological polar surface area (TPSA) is 57.5 Å². The Kier molecular flexibility index (Phi) is 3.64. The van der Waals surface area contributed by atoms with Gasteiger partial charge in [0.05, 0.1) is 12.0 Å². The summed E-state index contributed by atoms with van der Waals surface area (Å²) in [5.41, 5.74) is 1.04. The second kappa shape index (κ2) is 5.02. The zero-order valence-electron chi connectivity index (χ0n) is 9.67. The number of aliphatic hydroxyl groups is 1. The molecule has 3 atom stereocenters. The van der Waals surface area contributed by atoms with Crippen LogP contribution in [0.3, 0.4) is 0 Å². The van der Waals surface area contributed by atoms with Gasteiger partial charge < -0.3 is 10.2 Å². The Morgan fingerprint density at radius 2 is 2.18 bits per heavy atom. The first-order chi connectivity index (χ1) is 8.11. The summed E-state index contributed by atoms with van der Waals surface area (Å²) in [4.78, 5) is 12.1.